The van der Waals surface area contributed by atoms with Gasteiger partial charge in [-0.15, -0.1) is 0 Å². The van der Waals surface area contributed by atoms with Crippen molar-refractivity contribution in [1.82, 2.24) is 0 Å². The van der Waals surface area contributed by atoms with Crippen molar-refractivity contribution in [2.75, 3.05) is 5.73 Å². The van der Waals surface area contributed by atoms with Crippen LogP contribution >= 0.6 is 5.45 Å². The van der Waals surface area contributed by atoms with E-state index in [0.29, 0.717) is 0 Å². The fourth-order valence-corrected chi connectivity index (χ4v) is 24.6. The van der Waals surface area contributed by atoms with E-state index in [0.717, 1.165) is 40.1 Å². The quantitative estimate of drug-likeness (QED) is 0.216. The van der Waals surface area contributed by atoms with Gasteiger partial charge in [0.1, 0.15) is 0 Å². The standard InChI is InChI=1S/C18H33P.C12H10N.Pd/c1-4-10-16(11-5-1)19(17-12-6-2-7-13-17)18-14-8-3-9-15-18;13-12-9-5-4-8-11(12)10-6-2-1-3-7-10;/h16-18H,1-15H2;1-6,8-9H,13H2;/q;;-1/p+1. The van der Waals surface area contributed by atoms with Crippen molar-refractivity contribution in [2.45, 2.75) is 113 Å². The van der Waals surface area contributed by atoms with Crippen molar-refractivity contribution in [3.05, 3.63) is 48.5 Å². The summed E-state index contributed by atoms with van der Waals surface area (Å²) in [7, 11) is 0. The van der Waals surface area contributed by atoms with Crippen LogP contribution < -0.4 is 9.77 Å². The molecule has 0 heterocycles. The molecule has 33 heavy (non-hydrogen) atoms. The van der Waals surface area contributed by atoms with E-state index < -0.39 is 5.45 Å². The Morgan fingerprint density at radius 2 is 0.970 bits per heavy atom. The third kappa shape index (κ3) is 5.15. The van der Waals surface area contributed by atoms with Gasteiger partial charge in [0.05, 0.1) is 0 Å². The number of hydrogen-bond donors (Lipinski definition) is 1. The number of rotatable bonds is 6. The van der Waals surface area contributed by atoms with Gasteiger partial charge in [-0.3, -0.25) is 0 Å². The van der Waals surface area contributed by atoms with Crippen LogP contribution in [0.2, 0.25) is 0 Å². The van der Waals surface area contributed by atoms with Crippen LogP contribution in [0.5, 0.6) is 0 Å². The summed E-state index contributed by atoms with van der Waals surface area (Å²) in [4.78, 5) is 0. The normalized spacial score (nSPS) is 22.4. The Bertz CT molecular complexity index is 848. The molecule has 0 radical (unpaired) electrons. The van der Waals surface area contributed by atoms with Crippen molar-refractivity contribution in [3.8, 4) is 11.1 Å². The second kappa shape index (κ2) is 11.4. The van der Waals surface area contributed by atoms with Crippen molar-refractivity contribution in [2.24, 2.45) is 0 Å². The molecule has 0 saturated heterocycles. The van der Waals surface area contributed by atoms with E-state index in [4.69, 9.17) is 5.73 Å². The first-order valence-electron chi connectivity index (χ1n) is 13.8. The molecule has 2 N–H and O–H groups in total. The third-order valence-electron chi connectivity index (χ3n) is 8.94. The molecular weight excluding hydrogens is 512 g/mol. The second-order valence-corrected chi connectivity index (χ2v) is 21.1. The number of anilines is 1. The molecule has 2 aromatic rings. The zero-order chi connectivity index (χ0) is 22.5. The summed E-state index contributed by atoms with van der Waals surface area (Å²) in [5, 5.41) is 0. The molecule has 5 rings (SSSR count). The Labute approximate surface area is 210 Å². The van der Waals surface area contributed by atoms with Crippen LogP contribution in [0.3, 0.4) is 0 Å². The van der Waals surface area contributed by atoms with E-state index in [-0.39, 0.29) is 0 Å². The molecule has 3 aliphatic carbocycles. The van der Waals surface area contributed by atoms with Gasteiger partial charge in [-0.1, -0.05) is 0 Å². The molecule has 2 aromatic carbocycles. The predicted octanol–water partition coefficient (Wildman–Crippen LogP) is 8.31. The van der Waals surface area contributed by atoms with Crippen molar-refractivity contribution in [1.29, 1.82) is 0 Å². The zero-order valence-corrected chi connectivity index (χ0v) is 22.9. The fraction of sp³-hybridized carbons (Fsp3) is 0.600. The Balaban J connectivity index is 1.61. The summed E-state index contributed by atoms with van der Waals surface area (Å²) in [6.07, 6.45) is 22.8. The van der Waals surface area contributed by atoms with Crippen LogP contribution in [-0.2, 0) is 17.5 Å². The predicted molar refractivity (Wildman–Crippen MR) is 145 cm³/mol. The molecule has 0 aliphatic heterocycles. The van der Waals surface area contributed by atoms with Gasteiger partial charge in [0.25, 0.3) is 0 Å². The molecule has 0 amide bonds. The Kier molecular flexibility index (Phi) is 8.29. The van der Waals surface area contributed by atoms with Crippen molar-refractivity contribution >= 4 is 15.2 Å². The first-order chi connectivity index (χ1) is 16.3. The van der Waals surface area contributed by atoms with Gasteiger partial charge in [-0.05, 0) is 0 Å². The molecule has 1 nitrogen and oxygen atoms in total. The maximum atomic E-state index is 6.53. The number of benzene rings is 2. The van der Waals surface area contributed by atoms with Crippen LogP contribution in [0.4, 0.5) is 5.69 Å². The molecule has 0 spiro atoms. The third-order valence-corrected chi connectivity index (χ3v) is 24.4. The Morgan fingerprint density at radius 3 is 1.45 bits per heavy atom. The zero-order valence-electron chi connectivity index (χ0n) is 20.4. The average molecular weight is 556 g/mol. The van der Waals surface area contributed by atoms with Crippen LogP contribution in [0.15, 0.2) is 48.5 Å². The molecule has 0 bridgehead atoms. The van der Waals surface area contributed by atoms with Gasteiger partial charge < -0.3 is 0 Å². The number of hydrogen-bond acceptors (Lipinski definition) is 1. The number of nitrogen functional groups attached to an aromatic ring is 1. The van der Waals surface area contributed by atoms with Crippen molar-refractivity contribution < 1.29 is 17.5 Å². The molecule has 3 saturated carbocycles. The van der Waals surface area contributed by atoms with Crippen LogP contribution in [0.25, 0.3) is 11.1 Å². The molecule has 3 heteroatoms. The summed E-state index contributed by atoms with van der Waals surface area (Å²) < 4.78 is 1.68. The minimum atomic E-state index is -1.51. The minimum absolute atomic E-state index is 0.781. The van der Waals surface area contributed by atoms with E-state index >= 15 is 0 Å². The first kappa shape index (κ1) is 24.0. The molecule has 3 fully saturated rings. The molecule has 3 aliphatic rings. The van der Waals surface area contributed by atoms with Gasteiger partial charge in [0.2, 0.25) is 0 Å². The topological polar surface area (TPSA) is 26.0 Å². The summed E-state index contributed by atoms with van der Waals surface area (Å²) in [6.45, 7) is 0. The van der Waals surface area contributed by atoms with E-state index in [9.17, 15) is 0 Å². The summed E-state index contributed by atoms with van der Waals surface area (Å²) in [5.74, 6) is 0. The second-order valence-electron chi connectivity index (χ2n) is 10.9. The summed E-state index contributed by atoms with van der Waals surface area (Å²) in [6, 6.07) is 18.0. The first-order valence-corrected chi connectivity index (χ1v) is 19.0. The van der Waals surface area contributed by atoms with Gasteiger partial charge in [-0.2, -0.15) is 0 Å². The maximum absolute atomic E-state index is 6.53. The number of para-hydroxylation sites is 1. The van der Waals surface area contributed by atoms with Gasteiger partial charge in [0.15, 0.2) is 0 Å². The fourth-order valence-electron chi connectivity index (χ4n) is 7.39. The summed E-state index contributed by atoms with van der Waals surface area (Å²) >= 11 is 0.781. The van der Waals surface area contributed by atoms with Crippen LogP contribution in [0.1, 0.15) is 96.3 Å². The molecule has 0 atom stereocenters. The van der Waals surface area contributed by atoms with E-state index in [2.05, 4.69) is 48.5 Å². The molecular formula is C30H44NPPd. The van der Waals surface area contributed by atoms with Crippen LogP contribution in [-0.4, -0.2) is 17.0 Å². The van der Waals surface area contributed by atoms with Gasteiger partial charge in [-0.25, -0.2) is 0 Å². The van der Waals surface area contributed by atoms with E-state index in [1.165, 1.54) is 68.9 Å². The SMILES string of the molecule is Nc1ccccc1-c1cccc[c]1[Pd][PH](C1CCCCC1)(C1CCCCC1)C1CCCCC1. The average Bonchev–Trinajstić information content (AvgIpc) is 2.89. The van der Waals surface area contributed by atoms with E-state index in [1.807, 2.05) is 0 Å². The molecule has 0 unspecified atom stereocenters. The Hall–Kier alpha value is -0.668. The van der Waals surface area contributed by atoms with Crippen LogP contribution in [0, 0.1) is 0 Å². The molecule has 184 valence electrons. The molecule has 0 aromatic heterocycles. The van der Waals surface area contributed by atoms with Gasteiger partial charge in [0, 0.05) is 0 Å². The van der Waals surface area contributed by atoms with Gasteiger partial charge >= 0.3 is 211 Å². The van der Waals surface area contributed by atoms with E-state index in [1.54, 1.807) is 42.6 Å². The number of nitrogens with two attached hydrogens (primary N) is 1. The monoisotopic (exact) mass is 555 g/mol. The van der Waals surface area contributed by atoms with Crippen molar-refractivity contribution in [3.63, 3.8) is 0 Å². The Morgan fingerprint density at radius 1 is 0.545 bits per heavy atom. The summed E-state index contributed by atoms with van der Waals surface area (Å²) in [5.41, 5.74) is 11.9.